The second-order valence-electron chi connectivity index (χ2n) is 9.31. The molecule has 2 N–H and O–H groups in total. The Morgan fingerprint density at radius 1 is 1.50 bits per heavy atom. The number of rotatable bonds is 7. The highest BCUT2D eigenvalue weighted by atomic mass is 16.5. The highest BCUT2D eigenvalue weighted by Gasteiger charge is 2.62. The molecule has 7 heteroatoms. The topological polar surface area (TPSA) is 91.8 Å². The van der Waals surface area contributed by atoms with Gasteiger partial charge < -0.3 is 15.2 Å². The molecule has 4 heterocycles. The van der Waals surface area contributed by atoms with Crippen LogP contribution in [0.5, 0.6) is 0 Å². The molecule has 3 aliphatic rings. The summed E-state index contributed by atoms with van der Waals surface area (Å²) in [5, 5.41) is 10.1. The maximum absolute atomic E-state index is 12.2. The zero-order valence-corrected chi connectivity index (χ0v) is 18.3. The number of nitrogens with one attached hydrogen (secondary N) is 1. The molecule has 30 heavy (non-hydrogen) atoms. The zero-order valence-electron chi connectivity index (χ0n) is 18.3. The minimum atomic E-state index is -0.250. The summed E-state index contributed by atoms with van der Waals surface area (Å²) in [6, 6.07) is 4.13. The van der Waals surface area contributed by atoms with Gasteiger partial charge in [0.15, 0.2) is 0 Å². The molecule has 0 aromatic carbocycles. The maximum atomic E-state index is 12.2. The number of nitrogens with zero attached hydrogens (tertiary/aromatic N) is 2. The van der Waals surface area contributed by atoms with Gasteiger partial charge in [-0.2, -0.15) is 0 Å². The van der Waals surface area contributed by atoms with Crippen molar-refractivity contribution in [3.63, 3.8) is 0 Å². The van der Waals surface area contributed by atoms with Crippen LogP contribution in [0.25, 0.3) is 0 Å². The quantitative estimate of drug-likeness (QED) is 0.663. The fraction of sp³-hybridized carbons (Fsp3) is 0.696. The van der Waals surface area contributed by atoms with Crippen LogP contribution >= 0.6 is 0 Å². The van der Waals surface area contributed by atoms with Crippen molar-refractivity contribution in [3.05, 3.63) is 29.6 Å². The van der Waals surface area contributed by atoms with Gasteiger partial charge in [0.25, 0.3) is 6.47 Å². The average Bonchev–Trinajstić information content (AvgIpc) is 3.35. The molecule has 0 unspecified atom stereocenters. The first kappa shape index (κ1) is 22.7. The molecule has 4 rings (SSSR count). The first-order valence-electron chi connectivity index (χ1n) is 11.0. The van der Waals surface area contributed by atoms with Crippen LogP contribution < -0.4 is 5.32 Å². The third kappa shape index (κ3) is 5.01. The third-order valence-electron chi connectivity index (χ3n) is 6.83. The predicted molar refractivity (Wildman–Crippen MR) is 114 cm³/mol. The lowest BCUT2D eigenvalue weighted by molar-refractivity contribution is -0.123. The van der Waals surface area contributed by atoms with Crippen LogP contribution in [-0.2, 0) is 20.9 Å². The molecule has 7 nitrogen and oxygen atoms in total. The van der Waals surface area contributed by atoms with Gasteiger partial charge in [-0.05, 0) is 43.7 Å². The van der Waals surface area contributed by atoms with E-state index in [0.717, 1.165) is 45.4 Å². The van der Waals surface area contributed by atoms with E-state index < -0.39 is 0 Å². The first-order valence-corrected chi connectivity index (χ1v) is 11.0. The fourth-order valence-electron chi connectivity index (χ4n) is 5.32. The van der Waals surface area contributed by atoms with Crippen LogP contribution in [0.15, 0.2) is 18.3 Å². The largest absolute Gasteiger partial charge is 0.483 e. The van der Waals surface area contributed by atoms with Crippen molar-refractivity contribution in [1.29, 1.82) is 0 Å². The Kier molecular flexibility index (Phi) is 7.47. The summed E-state index contributed by atoms with van der Waals surface area (Å²) >= 11 is 0. The second kappa shape index (κ2) is 9.88. The monoisotopic (exact) mass is 417 g/mol. The van der Waals surface area contributed by atoms with Crippen molar-refractivity contribution >= 4 is 12.4 Å². The van der Waals surface area contributed by atoms with Crippen molar-refractivity contribution in [2.45, 2.75) is 64.7 Å². The first-order chi connectivity index (χ1) is 14.4. The number of carbonyl (C=O) groups excluding carboxylic acids is 1. The van der Waals surface area contributed by atoms with Crippen LogP contribution in [0.4, 0.5) is 0 Å². The minimum Gasteiger partial charge on any atom is -0.483 e. The second-order valence-corrected chi connectivity index (χ2v) is 9.31. The highest BCUT2D eigenvalue weighted by molar-refractivity contribution is 5.75. The van der Waals surface area contributed by atoms with Crippen molar-refractivity contribution in [1.82, 2.24) is 15.2 Å². The van der Waals surface area contributed by atoms with E-state index in [0.29, 0.717) is 30.3 Å². The standard InChI is InChI=1S/C22H33N3O2.CH2O2/c1-15(2)6-7-21(26)24-11-17-18-12-25(13-19-16(3)5-4-10-23-19)14-22(18)9-8-20(17)27-22;2-1-3/h4-5,10,15,17-18,20H,6-9,11-14H2,1-3H3,(H,24,26);1H,(H,2,3)/t17-,18+,20+,22+;/m0./s1. The van der Waals surface area contributed by atoms with E-state index >= 15 is 0 Å². The van der Waals surface area contributed by atoms with E-state index in [1.54, 1.807) is 0 Å². The summed E-state index contributed by atoms with van der Waals surface area (Å²) in [6.45, 7) is 9.93. The van der Waals surface area contributed by atoms with E-state index in [4.69, 9.17) is 14.6 Å². The molecule has 4 atom stereocenters. The van der Waals surface area contributed by atoms with Gasteiger partial charge in [0.05, 0.1) is 17.4 Å². The summed E-state index contributed by atoms with van der Waals surface area (Å²) < 4.78 is 6.51. The number of ether oxygens (including phenoxy) is 1. The van der Waals surface area contributed by atoms with E-state index in [2.05, 4.69) is 42.0 Å². The summed E-state index contributed by atoms with van der Waals surface area (Å²) in [5.74, 6) is 1.75. The number of carboxylic acid groups (broad SMARTS) is 1. The molecule has 0 saturated carbocycles. The van der Waals surface area contributed by atoms with Crippen LogP contribution in [0, 0.1) is 24.7 Å². The van der Waals surface area contributed by atoms with E-state index in [1.807, 2.05) is 12.3 Å². The Hall–Kier alpha value is -1.99. The van der Waals surface area contributed by atoms with Gasteiger partial charge in [0.1, 0.15) is 0 Å². The molecule has 1 aromatic rings. The summed E-state index contributed by atoms with van der Waals surface area (Å²) in [4.78, 5) is 27.6. The Morgan fingerprint density at radius 2 is 2.27 bits per heavy atom. The number of amides is 1. The maximum Gasteiger partial charge on any atom is 0.290 e. The van der Waals surface area contributed by atoms with Crippen molar-refractivity contribution in [3.8, 4) is 0 Å². The number of aromatic nitrogens is 1. The average molecular weight is 418 g/mol. The van der Waals surface area contributed by atoms with Crippen molar-refractivity contribution in [2.75, 3.05) is 19.6 Å². The molecule has 3 saturated heterocycles. The lowest BCUT2D eigenvalue weighted by Gasteiger charge is -2.29. The fourth-order valence-corrected chi connectivity index (χ4v) is 5.32. The Balaban J connectivity index is 0.000000806. The lowest BCUT2D eigenvalue weighted by atomic mass is 9.73. The number of aryl methyl sites for hydroxylation is 1. The summed E-state index contributed by atoms with van der Waals surface area (Å²) in [6.07, 6.45) is 6.11. The minimum absolute atomic E-state index is 0.0146. The number of hydrogen-bond acceptors (Lipinski definition) is 5. The van der Waals surface area contributed by atoms with E-state index in [-0.39, 0.29) is 18.0 Å². The van der Waals surface area contributed by atoms with Gasteiger partial charge in [-0.15, -0.1) is 0 Å². The molecule has 3 aliphatic heterocycles. The van der Waals surface area contributed by atoms with Crippen LogP contribution in [0.3, 0.4) is 0 Å². The van der Waals surface area contributed by atoms with Crippen LogP contribution in [0.2, 0.25) is 0 Å². The molecule has 1 aromatic heterocycles. The predicted octanol–water partition coefficient (Wildman–Crippen LogP) is 2.62. The van der Waals surface area contributed by atoms with Gasteiger partial charge in [0.2, 0.25) is 5.91 Å². The zero-order chi connectivity index (χ0) is 21.7. The van der Waals surface area contributed by atoms with Crippen LogP contribution in [-0.4, -0.2) is 58.7 Å². The molecular weight excluding hydrogens is 382 g/mol. The number of pyridine rings is 1. The molecule has 2 bridgehead atoms. The van der Waals surface area contributed by atoms with E-state index in [1.165, 1.54) is 11.3 Å². The normalized spacial score (nSPS) is 29.4. The SMILES string of the molecule is Cc1cccnc1CN1C[C@@H]2[C@H](CNC(=O)CCC(C)C)[C@H]3CC[C@]2(C1)O3.O=CO. The summed E-state index contributed by atoms with van der Waals surface area (Å²) in [5.41, 5.74) is 2.44. The molecule has 0 aliphatic carbocycles. The molecule has 1 amide bonds. The van der Waals surface area contributed by atoms with Gasteiger partial charge in [0, 0.05) is 50.6 Å². The van der Waals surface area contributed by atoms with Gasteiger partial charge in [-0.1, -0.05) is 19.9 Å². The number of likely N-dealkylation sites (tertiary alicyclic amines) is 1. The highest BCUT2D eigenvalue weighted by Crippen LogP contribution is 2.54. The molecular formula is C23H35N3O4. The molecule has 166 valence electrons. The Morgan fingerprint density at radius 3 is 2.97 bits per heavy atom. The van der Waals surface area contributed by atoms with Gasteiger partial charge in [-0.25, -0.2) is 0 Å². The van der Waals surface area contributed by atoms with Crippen molar-refractivity contribution in [2.24, 2.45) is 17.8 Å². The van der Waals surface area contributed by atoms with Gasteiger partial charge in [-0.3, -0.25) is 19.5 Å². The molecule has 1 spiro atoms. The molecule has 0 radical (unpaired) electrons. The Labute approximate surface area is 179 Å². The number of carbonyl (C=O) groups is 2. The Bertz CT molecular complexity index is 741. The van der Waals surface area contributed by atoms with Crippen molar-refractivity contribution < 1.29 is 19.4 Å². The van der Waals surface area contributed by atoms with E-state index in [9.17, 15) is 4.79 Å². The number of fused-ring (bicyclic) bond motifs is 1. The smallest absolute Gasteiger partial charge is 0.290 e. The number of hydrogen-bond donors (Lipinski definition) is 2. The van der Waals surface area contributed by atoms with Crippen LogP contribution in [0.1, 0.15) is 50.8 Å². The third-order valence-corrected chi connectivity index (χ3v) is 6.83. The van der Waals surface area contributed by atoms with Gasteiger partial charge >= 0.3 is 0 Å². The summed E-state index contributed by atoms with van der Waals surface area (Å²) in [7, 11) is 0. The molecule has 3 fully saturated rings. The lowest BCUT2D eigenvalue weighted by Crippen LogP contribution is -2.41.